The van der Waals surface area contributed by atoms with E-state index in [4.69, 9.17) is 16.3 Å². The van der Waals surface area contributed by atoms with E-state index in [1.54, 1.807) is 6.92 Å². The lowest BCUT2D eigenvalue weighted by Crippen LogP contribution is -2.05. The van der Waals surface area contributed by atoms with E-state index in [1.807, 2.05) is 24.3 Å². The van der Waals surface area contributed by atoms with Crippen molar-refractivity contribution in [1.82, 2.24) is 0 Å². The van der Waals surface area contributed by atoms with Crippen LogP contribution in [-0.2, 0) is 9.53 Å². The second kappa shape index (κ2) is 6.75. The van der Waals surface area contributed by atoms with Gasteiger partial charge in [-0.2, -0.15) is 0 Å². The quantitative estimate of drug-likeness (QED) is 0.514. The normalized spacial score (nSPS) is 11.1. The molecular weight excluding hydrogens is 340 g/mol. The van der Waals surface area contributed by atoms with Crippen molar-refractivity contribution in [3.8, 4) is 0 Å². The number of hydrogen-bond acceptors (Lipinski definition) is 3. The van der Waals surface area contributed by atoms with Gasteiger partial charge in [0.15, 0.2) is 0 Å². The van der Waals surface area contributed by atoms with E-state index in [0.717, 1.165) is 9.26 Å². The van der Waals surface area contributed by atoms with Gasteiger partial charge in [0.1, 0.15) is 5.03 Å². The Hall–Kier alpha value is -0.750. The lowest BCUT2D eigenvalue weighted by atomic mass is 10.3. The Bertz CT molecular complexity index is 407. The maximum Gasteiger partial charge on any atom is 0.351 e. The Labute approximate surface area is 113 Å². The molecule has 0 radical (unpaired) electrons. The van der Waals surface area contributed by atoms with Crippen LogP contribution in [-0.4, -0.2) is 12.6 Å². The van der Waals surface area contributed by atoms with Gasteiger partial charge in [-0.15, -0.1) is 0 Å². The molecule has 5 heteroatoms. The third kappa shape index (κ3) is 4.02. The number of rotatable bonds is 4. The minimum absolute atomic E-state index is 0.0292. The highest BCUT2D eigenvalue weighted by atomic mass is 127. The molecule has 0 aromatic heterocycles. The van der Waals surface area contributed by atoms with Crippen molar-refractivity contribution in [3.05, 3.63) is 39.1 Å². The number of esters is 1. The minimum atomic E-state index is -0.525. The zero-order valence-corrected chi connectivity index (χ0v) is 11.6. The first-order valence-corrected chi connectivity index (χ1v) is 6.14. The monoisotopic (exact) mass is 351 g/mol. The average Bonchev–Trinajstić information content (AvgIpc) is 2.28. The van der Waals surface area contributed by atoms with Crippen molar-refractivity contribution in [2.75, 3.05) is 11.9 Å². The van der Waals surface area contributed by atoms with Crippen LogP contribution in [0.2, 0.25) is 0 Å². The van der Waals surface area contributed by atoms with Gasteiger partial charge in [0.05, 0.1) is 12.3 Å². The molecule has 0 heterocycles. The summed E-state index contributed by atoms with van der Waals surface area (Å²) in [5.74, 6) is -0.525. The van der Waals surface area contributed by atoms with Crippen LogP contribution in [0.3, 0.4) is 0 Å². The van der Waals surface area contributed by atoms with E-state index >= 15 is 0 Å². The second-order valence-electron chi connectivity index (χ2n) is 2.84. The van der Waals surface area contributed by atoms with Crippen LogP contribution in [0.15, 0.2) is 35.5 Å². The highest BCUT2D eigenvalue weighted by Gasteiger charge is 2.06. The van der Waals surface area contributed by atoms with Gasteiger partial charge in [0, 0.05) is 9.77 Å². The van der Waals surface area contributed by atoms with E-state index in [9.17, 15) is 4.79 Å². The van der Waals surface area contributed by atoms with E-state index in [2.05, 4.69) is 27.9 Å². The molecule has 0 fully saturated rings. The van der Waals surface area contributed by atoms with Crippen LogP contribution in [0.1, 0.15) is 6.92 Å². The molecule has 16 heavy (non-hydrogen) atoms. The number of carbonyl (C=O) groups excluding carboxylic acids is 1. The number of ether oxygens (including phenoxy) is 1. The SMILES string of the molecule is CCOC(=O)/C(Cl)=C/Nc1ccccc1I. The maximum atomic E-state index is 11.2. The fraction of sp³-hybridized carbons (Fsp3) is 0.182. The summed E-state index contributed by atoms with van der Waals surface area (Å²) in [7, 11) is 0. The van der Waals surface area contributed by atoms with Gasteiger partial charge in [-0.3, -0.25) is 0 Å². The Morgan fingerprint density at radius 3 is 2.88 bits per heavy atom. The summed E-state index contributed by atoms with van der Waals surface area (Å²) in [5.41, 5.74) is 0.894. The number of hydrogen-bond donors (Lipinski definition) is 1. The summed E-state index contributed by atoms with van der Waals surface area (Å²) < 4.78 is 5.79. The predicted octanol–water partition coefficient (Wildman–Crippen LogP) is 3.35. The third-order valence-electron chi connectivity index (χ3n) is 1.70. The number of carbonyl (C=O) groups is 1. The molecule has 1 N–H and O–H groups in total. The van der Waals surface area contributed by atoms with Crippen molar-refractivity contribution in [1.29, 1.82) is 0 Å². The van der Waals surface area contributed by atoms with Crippen LogP contribution in [0.4, 0.5) is 5.69 Å². The third-order valence-corrected chi connectivity index (χ3v) is 2.90. The predicted molar refractivity (Wildman–Crippen MR) is 73.4 cm³/mol. The van der Waals surface area contributed by atoms with Gasteiger partial charge < -0.3 is 10.1 Å². The molecular formula is C11H11ClINO2. The van der Waals surface area contributed by atoms with Gasteiger partial charge in [0.2, 0.25) is 0 Å². The fourth-order valence-electron chi connectivity index (χ4n) is 0.978. The smallest absolute Gasteiger partial charge is 0.351 e. The van der Waals surface area contributed by atoms with Crippen LogP contribution in [0.25, 0.3) is 0 Å². The molecule has 0 amide bonds. The van der Waals surface area contributed by atoms with Gasteiger partial charge in [-0.1, -0.05) is 23.7 Å². The molecule has 1 aromatic carbocycles. The summed E-state index contributed by atoms with van der Waals surface area (Å²) in [6.45, 7) is 2.04. The van der Waals surface area contributed by atoms with E-state index < -0.39 is 5.97 Å². The van der Waals surface area contributed by atoms with Gasteiger partial charge in [-0.25, -0.2) is 4.79 Å². The fourth-order valence-corrected chi connectivity index (χ4v) is 1.63. The second-order valence-corrected chi connectivity index (χ2v) is 4.41. The molecule has 1 aromatic rings. The zero-order chi connectivity index (χ0) is 12.0. The largest absolute Gasteiger partial charge is 0.462 e. The van der Waals surface area contributed by atoms with Crippen molar-refractivity contribution < 1.29 is 9.53 Å². The average molecular weight is 352 g/mol. The van der Waals surface area contributed by atoms with Crippen LogP contribution in [0.5, 0.6) is 0 Å². The topological polar surface area (TPSA) is 38.3 Å². The molecule has 0 spiro atoms. The molecule has 0 atom stereocenters. The Morgan fingerprint density at radius 1 is 1.56 bits per heavy atom. The van der Waals surface area contributed by atoms with Crippen LogP contribution >= 0.6 is 34.2 Å². The van der Waals surface area contributed by atoms with E-state index in [1.165, 1.54) is 6.20 Å². The minimum Gasteiger partial charge on any atom is -0.462 e. The summed E-state index contributed by atoms with van der Waals surface area (Å²) in [5, 5.41) is 2.98. The van der Waals surface area contributed by atoms with Crippen molar-refractivity contribution >= 4 is 45.8 Å². The zero-order valence-electron chi connectivity index (χ0n) is 8.67. The first kappa shape index (κ1) is 13.3. The first-order chi connectivity index (χ1) is 7.65. The Balaban J connectivity index is 2.66. The molecule has 0 aliphatic rings. The molecule has 0 saturated heterocycles. The summed E-state index contributed by atoms with van der Waals surface area (Å²) in [6.07, 6.45) is 1.43. The number of benzene rings is 1. The van der Waals surface area contributed by atoms with Crippen molar-refractivity contribution in [3.63, 3.8) is 0 Å². The van der Waals surface area contributed by atoms with Crippen LogP contribution < -0.4 is 5.32 Å². The molecule has 86 valence electrons. The van der Waals surface area contributed by atoms with Crippen LogP contribution in [0, 0.1) is 3.57 Å². The highest BCUT2D eigenvalue weighted by Crippen LogP contribution is 2.17. The molecule has 1 rings (SSSR count). The lowest BCUT2D eigenvalue weighted by Gasteiger charge is -2.04. The summed E-state index contributed by atoms with van der Waals surface area (Å²) in [4.78, 5) is 11.2. The van der Waals surface area contributed by atoms with Gasteiger partial charge in [0.25, 0.3) is 0 Å². The van der Waals surface area contributed by atoms with E-state index in [0.29, 0.717) is 6.61 Å². The molecule has 0 aliphatic heterocycles. The lowest BCUT2D eigenvalue weighted by molar-refractivity contribution is -0.137. The van der Waals surface area contributed by atoms with E-state index in [-0.39, 0.29) is 5.03 Å². The maximum absolute atomic E-state index is 11.2. The van der Waals surface area contributed by atoms with Gasteiger partial charge >= 0.3 is 5.97 Å². The van der Waals surface area contributed by atoms with Crippen molar-refractivity contribution in [2.24, 2.45) is 0 Å². The molecule has 3 nitrogen and oxygen atoms in total. The standard InChI is InChI=1S/C11H11ClINO2/c1-2-16-11(15)8(12)7-14-10-6-4-3-5-9(10)13/h3-7,14H,2H2,1H3/b8-7-. The highest BCUT2D eigenvalue weighted by molar-refractivity contribution is 14.1. The van der Waals surface area contributed by atoms with Gasteiger partial charge in [-0.05, 0) is 41.6 Å². The summed E-state index contributed by atoms with van der Waals surface area (Å²) >= 11 is 7.92. The Kier molecular flexibility index (Phi) is 5.62. The molecule has 0 unspecified atom stereocenters. The molecule has 0 bridgehead atoms. The summed E-state index contributed by atoms with van der Waals surface area (Å²) in [6, 6.07) is 7.68. The molecule has 0 aliphatic carbocycles. The number of anilines is 1. The van der Waals surface area contributed by atoms with Crippen molar-refractivity contribution in [2.45, 2.75) is 6.92 Å². The number of nitrogens with one attached hydrogen (secondary N) is 1. The molecule has 0 saturated carbocycles. The number of halogens is 2. The number of para-hydroxylation sites is 1. The Morgan fingerprint density at radius 2 is 2.25 bits per heavy atom. The first-order valence-electron chi connectivity index (χ1n) is 4.69.